The second kappa shape index (κ2) is 3.82. The average molecular weight is 169 g/mol. The molecule has 6 heteroatoms. The lowest BCUT2D eigenvalue weighted by molar-refractivity contribution is 0.766. The summed E-state index contributed by atoms with van der Waals surface area (Å²) in [6, 6.07) is 0. The summed E-state index contributed by atoms with van der Waals surface area (Å²) in [7, 11) is 0. The van der Waals surface area contributed by atoms with Crippen molar-refractivity contribution in [3.05, 3.63) is 16.0 Å². The quantitative estimate of drug-likeness (QED) is 0.517. The van der Waals surface area contributed by atoms with E-state index >= 15 is 0 Å². The summed E-state index contributed by atoms with van der Waals surface area (Å²) >= 11 is 0. The van der Waals surface area contributed by atoms with E-state index in [1.54, 1.807) is 0 Å². The number of nitrogens with two attached hydrogens (primary N) is 2. The highest BCUT2D eigenvalue weighted by Gasteiger charge is 2.01. The molecule has 0 radical (unpaired) electrons. The molecule has 1 aromatic rings. The number of nitrogens with one attached hydrogen (secondary N) is 1. The monoisotopic (exact) mass is 169 g/mol. The van der Waals surface area contributed by atoms with Crippen molar-refractivity contribution in [3.8, 4) is 0 Å². The third kappa shape index (κ3) is 2.03. The molecule has 0 aliphatic heterocycles. The van der Waals surface area contributed by atoms with Crippen LogP contribution in [0.2, 0.25) is 0 Å². The summed E-state index contributed by atoms with van der Waals surface area (Å²) in [5.41, 5.74) is 10.6. The lowest BCUT2D eigenvalue weighted by Gasteiger charge is -1.96. The molecule has 0 aliphatic carbocycles. The molecule has 66 valence electrons. The van der Waals surface area contributed by atoms with Crippen LogP contribution < -0.4 is 17.0 Å². The first-order valence-corrected chi connectivity index (χ1v) is 3.65. The lowest BCUT2D eigenvalue weighted by Crippen LogP contribution is -2.19. The maximum Gasteiger partial charge on any atom is 0.274 e. The predicted octanol–water partition coefficient (Wildman–Crippen LogP) is -1.36. The van der Waals surface area contributed by atoms with Gasteiger partial charge in [-0.05, 0) is 19.4 Å². The SMILES string of the molecule is NCCCc1nnc(N)[nH]c1=O. The molecule has 5 N–H and O–H groups in total. The molecule has 1 heterocycles. The van der Waals surface area contributed by atoms with Gasteiger partial charge < -0.3 is 11.5 Å². The summed E-state index contributed by atoms with van der Waals surface area (Å²) in [6.45, 7) is 0.533. The summed E-state index contributed by atoms with van der Waals surface area (Å²) < 4.78 is 0. The number of nitrogens with zero attached hydrogens (tertiary/aromatic N) is 2. The number of aryl methyl sites for hydroxylation is 1. The van der Waals surface area contributed by atoms with E-state index in [2.05, 4.69) is 15.2 Å². The van der Waals surface area contributed by atoms with Crippen LogP contribution in [0.3, 0.4) is 0 Å². The molecule has 0 saturated heterocycles. The minimum Gasteiger partial charge on any atom is -0.368 e. The zero-order chi connectivity index (χ0) is 8.97. The van der Waals surface area contributed by atoms with Crippen molar-refractivity contribution in [2.45, 2.75) is 12.8 Å². The Kier molecular flexibility index (Phi) is 2.76. The van der Waals surface area contributed by atoms with Crippen LogP contribution in [-0.2, 0) is 6.42 Å². The summed E-state index contributed by atoms with van der Waals surface area (Å²) in [5.74, 6) is 0.0384. The fraction of sp³-hybridized carbons (Fsp3) is 0.500. The molecule has 1 aromatic heterocycles. The van der Waals surface area contributed by atoms with Gasteiger partial charge in [0.1, 0.15) is 5.69 Å². The second-order valence-corrected chi connectivity index (χ2v) is 2.38. The van der Waals surface area contributed by atoms with Gasteiger partial charge in [-0.1, -0.05) is 0 Å². The van der Waals surface area contributed by atoms with Gasteiger partial charge in [0.05, 0.1) is 0 Å². The molecule has 12 heavy (non-hydrogen) atoms. The molecule has 0 amide bonds. The number of aromatic nitrogens is 3. The first-order chi connectivity index (χ1) is 5.74. The van der Waals surface area contributed by atoms with Gasteiger partial charge >= 0.3 is 0 Å². The van der Waals surface area contributed by atoms with E-state index in [4.69, 9.17) is 11.5 Å². The van der Waals surface area contributed by atoms with Crippen LogP contribution >= 0.6 is 0 Å². The van der Waals surface area contributed by atoms with Crippen molar-refractivity contribution in [1.29, 1.82) is 0 Å². The maximum absolute atomic E-state index is 11.1. The Morgan fingerprint density at radius 3 is 2.75 bits per heavy atom. The van der Waals surface area contributed by atoms with Crippen LogP contribution in [0, 0.1) is 0 Å². The van der Waals surface area contributed by atoms with E-state index in [0.29, 0.717) is 18.7 Å². The highest BCUT2D eigenvalue weighted by Crippen LogP contribution is 1.89. The number of nitrogen functional groups attached to an aromatic ring is 1. The van der Waals surface area contributed by atoms with E-state index in [9.17, 15) is 4.79 Å². The summed E-state index contributed by atoms with van der Waals surface area (Å²) in [5, 5.41) is 7.17. The molecule has 0 unspecified atom stereocenters. The largest absolute Gasteiger partial charge is 0.368 e. The van der Waals surface area contributed by atoms with Crippen molar-refractivity contribution in [3.63, 3.8) is 0 Å². The zero-order valence-electron chi connectivity index (χ0n) is 6.58. The van der Waals surface area contributed by atoms with Crippen molar-refractivity contribution in [1.82, 2.24) is 15.2 Å². The Bertz CT molecular complexity index is 307. The van der Waals surface area contributed by atoms with Gasteiger partial charge in [0.15, 0.2) is 0 Å². The van der Waals surface area contributed by atoms with Crippen LogP contribution in [-0.4, -0.2) is 21.7 Å². The van der Waals surface area contributed by atoms with Crippen molar-refractivity contribution in [2.24, 2.45) is 5.73 Å². The number of rotatable bonds is 3. The van der Waals surface area contributed by atoms with E-state index in [0.717, 1.165) is 6.42 Å². The highest BCUT2D eigenvalue weighted by molar-refractivity contribution is 5.11. The normalized spacial score (nSPS) is 10.1. The van der Waals surface area contributed by atoms with Gasteiger partial charge in [0.2, 0.25) is 5.95 Å². The van der Waals surface area contributed by atoms with Crippen LogP contribution in [0.5, 0.6) is 0 Å². The minimum absolute atomic E-state index is 0.0384. The number of hydrogen-bond acceptors (Lipinski definition) is 5. The van der Waals surface area contributed by atoms with Gasteiger partial charge in [0, 0.05) is 0 Å². The minimum atomic E-state index is -0.282. The van der Waals surface area contributed by atoms with E-state index in [1.165, 1.54) is 0 Å². The first-order valence-electron chi connectivity index (χ1n) is 3.65. The molecule has 0 aromatic carbocycles. The topological polar surface area (TPSA) is 111 Å². The van der Waals surface area contributed by atoms with Gasteiger partial charge in [-0.3, -0.25) is 9.78 Å². The van der Waals surface area contributed by atoms with Crippen LogP contribution in [0.25, 0.3) is 0 Å². The fourth-order valence-electron chi connectivity index (χ4n) is 0.806. The number of H-pyrrole nitrogens is 1. The second-order valence-electron chi connectivity index (χ2n) is 2.38. The fourth-order valence-corrected chi connectivity index (χ4v) is 0.806. The molecule has 0 fully saturated rings. The zero-order valence-corrected chi connectivity index (χ0v) is 6.58. The molecular weight excluding hydrogens is 158 g/mol. The first kappa shape index (κ1) is 8.66. The number of anilines is 1. The van der Waals surface area contributed by atoms with E-state index in [1.807, 2.05) is 0 Å². The molecule has 0 spiro atoms. The third-order valence-electron chi connectivity index (χ3n) is 1.40. The Balaban J connectivity index is 2.80. The van der Waals surface area contributed by atoms with Gasteiger partial charge in [-0.15, -0.1) is 10.2 Å². The van der Waals surface area contributed by atoms with E-state index in [-0.39, 0.29) is 11.5 Å². The summed E-state index contributed by atoms with van der Waals surface area (Å²) in [6.07, 6.45) is 1.26. The molecule has 0 aliphatic rings. The van der Waals surface area contributed by atoms with Gasteiger partial charge in [-0.2, -0.15) is 0 Å². The van der Waals surface area contributed by atoms with Crippen molar-refractivity contribution < 1.29 is 0 Å². The Morgan fingerprint density at radius 2 is 2.17 bits per heavy atom. The molecular formula is C6H11N5O. The standard InChI is InChI=1S/C6H11N5O/c7-3-1-2-4-5(12)9-6(8)11-10-4/h1-3,7H2,(H3,8,9,11,12). The molecule has 0 saturated carbocycles. The Morgan fingerprint density at radius 1 is 1.42 bits per heavy atom. The smallest absolute Gasteiger partial charge is 0.274 e. The third-order valence-corrected chi connectivity index (χ3v) is 1.40. The molecule has 0 bridgehead atoms. The van der Waals surface area contributed by atoms with Crippen LogP contribution in [0.1, 0.15) is 12.1 Å². The summed E-state index contributed by atoms with van der Waals surface area (Å²) in [4.78, 5) is 13.4. The van der Waals surface area contributed by atoms with Crippen LogP contribution in [0.15, 0.2) is 4.79 Å². The highest BCUT2D eigenvalue weighted by atomic mass is 16.1. The Labute approximate surface area is 69.0 Å². The van der Waals surface area contributed by atoms with Crippen molar-refractivity contribution >= 4 is 5.95 Å². The van der Waals surface area contributed by atoms with Gasteiger partial charge in [0.25, 0.3) is 5.56 Å². The lowest BCUT2D eigenvalue weighted by atomic mass is 10.2. The van der Waals surface area contributed by atoms with Crippen LogP contribution in [0.4, 0.5) is 5.95 Å². The number of aromatic amines is 1. The molecule has 0 atom stereocenters. The van der Waals surface area contributed by atoms with Gasteiger partial charge in [-0.25, -0.2) is 0 Å². The Hall–Kier alpha value is -1.43. The average Bonchev–Trinajstić information content (AvgIpc) is 2.03. The van der Waals surface area contributed by atoms with Crippen molar-refractivity contribution in [2.75, 3.05) is 12.3 Å². The van der Waals surface area contributed by atoms with E-state index < -0.39 is 0 Å². The molecule has 1 rings (SSSR count). The number of hydrogen-bond donors (Lipinski definition) is 3. The maximum atomic E-state index is 11.1. The molecule has 6 nitrogen and oxygen atoms in total. The predicted molar refractivity (Wildman–Crippen MR) is 44.4 cm³/mol.